The van der Waals surface area contributed by atoms with E-state index in [0.717, 1.165) is 6.42 Å². The Morgan fingerprint density at radius 2 is 1.00 bits per heavy atom. The van der Waals surface area contributed by atoms with Crippen molar-refractivity contribution < 1.29 is 17.3 Å². The lowest BCUT2D eigenvalue weighted by Crippen LogP contribution is -2.18. The largest absolute Gasteiger partial charge is 0.673 e. The van der Waals surface area contributed by atoms with Gasteiger partial charge in [-0.2, -0.15) is 0 Å². The predicted octanol–water partition coefficient (Wildman–Crippen LogP) is 6.36. The van der Waals surface area contributed by atoms with Crippen LogP contribution in [0.3, 0.4) is 0 Å². The SMILES string of the molecule is F[B-](F)(F)F.c1ccc(N2c3ccccc3Cc3ccccc32)cc1. The lowest BCUT2D eigenvalue weighted by atomic mass is 9.95. The van der Waals surface area contributed by atoms with E-state index >= 15 is 0 Å². The molecule has 0 saturated heterocycles. The number of hydrogen-bond donors (Lipinski definition) is 0. The molecule has 4 rings (SSSR count). The van der Waals surface area contributed by atoms with Crippen LogP contribution < -0.4 is 4.90 Å². The van der Waals surface area contributed by atoms with Crippen molar-refractivity contribution in [3.05, 3.63) is 90.0 Å². The Bertz CT molecular complexity index is 798. The van der Waals surface area contributed by atoms with Crippen LogP contribution in [0.25, 0.3) is 0 Å². The summed E-state index contributed by atoms with van der Waals surface area (Å²) in [5, 5.41) is 0. The zero-order valence-corrected chi connectivity index (χ0v) is 13.2. The second-order valence-corrected chi connectivity index (χ2v) is 5.60. The van der Waals surface area contributed by atoms with Crippen LogP contribution in [-0.2, 0) is 6.42 Å². The van der Waals surface area contributed by atoms with Gasteiger partial charge in [-0.15, -0.1) is 0 Å². The second-order valence-electron chi connectivity index (χ2n) is 5.60. The highest BCUT2D eigenvalue weighted by atomic mass is 19.5. The Morgan fingerprint density at radius 1 is 0.600 bits per heavy atom. The van der Waals surface area contributed by atoms with Crippen molar-refractivity contribution in [1.29, 1.82) is 0 Å². The van der Waals surface area contributed by atoms with Gasteiger partial charge in [0.15, 0.2) is 0 Å². The van der Waals surface area contributed by atoms with E-state index in [9.17, 15) is 17.3 Å². The molecule has 6 heteroatoms. The minimum Gasteiger partial charge on any atom is -0.418 e. The van der Waals surface area contributed by atoms with Gasteiger partial charge in [0, 0.05) is 23.5 Å². The smallest absolute Gasteiger partial charge is 0.418 e. The first-order valence-corrected chi connectivity index (χ1v) is 7.82. The summed E-state index contributed by atoms with van der Waals surface area (Å²) in [5.41, 5.74) is 6.56. The highest BCUT2D eigenvalue weighted by Crippen LogP contribution is 2.43. The third-order valence-electron chi connectivity index (χ3n) is 3.86. The number of hydrogen-bond acceptors (Lipinski definition) is 1. The zero-order chi connectivity index (χ0) is 17.9. The Labute approximate surface area is 143 Å². The van der Waals surface area contributed by atoms with E-state index in [0.29, 0.717) is 0 Å². The number of halogens is 4. The van der Waals surface area contributed by atoms with Gasteiger partial charge in [0.25, 0.3) is 0 Å². The summed E-state index contributed by atoms with van der Waals surface area (Å²) in [6.07, 6.45) is 1.01. The van der Waals surface area contributed by atoms with E-state index in [1.54, 1.807) is 0 Å². The second kappa shape index (κ2) is 7.01. The Morgan fingerprint density at radius 3 is 1.48 bits per heavy atom. The molecule has 0 atom stereocenters. The average molecular weight is 344 g/mol. The van der Waals surface area contributed by atoms with Gasteiger partial charge in [0.05, 0.1) is 0 Å². The lowest BCUT2D eigenvalue weighted by Gasteiger charge is -2.33. The summed E-state index contributed by atoms with van der Waals surface area (Å²) >= 11 is 0. The fraction of sp³-hybridized carbons (Fsp3) is 0.0526. The number of anilines is 3. The van der Waals surface area contributed by atoms with Crippen LogP contribution in [0, 0.1) is 0 Å². The molecule has 1 aliphatic rings. The molecule has 1 nitrogen and oxygen atoms in total. The lowest BCUT2D eigenvalue weighted by molar-refractivity contribution is 0.368. The molecule has 1 heterocycles. The topological polar surface area (TPSA) is 3.24 Å². The van der Waals surface area contributed by atoms with E-state index in [1.807, 2.05) is 0 Å². The number of nitrogens with zero attached hydrogens (tertiary/aromatic N) is 1. The van der Waals surface area contributed by atoms with Crippen LogP contribution in [-0.4, -0.2) is 7.25 Å². The maximum absolute atomic E-state index is 9.75. The fourth-order valence-corrected chi connectivity index (χ4v) is 2.95. The standard InChI is InChI=1S/C19H15N.BF4/c1-2-10-17(11-3-1)20-18-12-6-4-8-15(18)14-16-9-5-7-13-19(16)20;2-1(3,4)5/h1-13H,14H2;/q;-1. The minimum atomic E-state index is -6.00. The molecule has 0 bridgehead atoms. The number of para-hydroxylation sites is 3. The summed E-state index contributed by atoms with van der Waals surface area (Å²) in [4.78, 5) is 2.36. The zero-order valence-electron chi connectivity index (χ0n) is 13.2. The van der Waals surface area contributed by atoms with E-state index in [-0.39, 0.29) is 0 Å². The van der Waals surface area contributed by atoms with Crippen LogP contribution in [0.2, 0.25) is 0 Å². The van der Waals surface area contributed by atoms with Crippen molar-refractivity contribution >= 4 is 24.3 Å². The van der Waals surface area contributed by atoms with E-state index < -0.39 is 7.25 Å². The molecule has 0 unspecified atom stereocenters. The van der Waals surface area contributed by atoms with Crippen LogP contribution in [0.5, 0.6) is 0 Å². The Kier molecular flexibility index (Phi) is 4.79. The summed E-state index contributed by atoms with van der Waals surface area (Å²) in [7, 11) is -6.00. The fourth-order valence-electron chi connectivity index (χ4n) is 2.95. The number of benzene rings is 3. The van der Waals surface area contributed by atoms with Crippen molar-refractivity contribution in [3.8, 4) is 0 Å². The van der Waals surface area contributed by atoms with Crippen LogP contribution >= 0.6 is 0 Å². The summed E-state index contributed by atoms with van der Waals surface area (Å²) in [6, 6.07) is 27.9. The van der Waals surface area contributed by atoms with Crippen LogP contribution in [0.4, 0.5) is 34.3 Å². The van der Waals surface area contributed by atoms with Gasteiger partial charge in [0.1, 0.15) is 0 Å². The molecule has 25 heavy (non-hydrogen) atoms. The molecular formula is C19H15BF4N-. The molecule has 0 fully saturated rings. The number of rotatable bonds is 1. The van der Waals surface area contributed by atoms with Crippen molar-refractivity contribution in [2.45, 2.75) is 6.42 Å². The Balaban J connectivity index is 0.000000324. The van der Waals surface area contributed by atoms with Gasteiger partial charge in [-0.3, -0.25) is 0 Å². The summed E-state index contributed by atoms with van der Waals surface area (Å²) < 4.78 is 39.0. The predicted molar refractivity (Wildman–Crippen MR) is 94.1 cm³/mol. The van der Waals surface area contributed by atoms with Crippen molar-refractivity contribution in [2.24, 2.45) is 0 Å². The van der Waals surface area contributed by atoms with Gasteiger partial charge < -0.3 is 22.2 Å². The van der Waals surface area contributed by atoms with E-state index in [2.05, 4.69) is 83.8 Å². The van der Waals surface area contributed by atoms with E-state index in [4.69, 9.17) is 0 Å². The van der Waals surface area contributed by atoms with Gasteiger partial charge in [-0.1, -0.05) is 54.6 Å². The maximum atomic E-state index is 9.75. The maximum Gasteiger partial charge on any atom is 0.673 e. The van der Waals surface area contributed by atoms with Crippen molar-refractivity contribution in [1.82, 2.24) is 0 Å². The minimum absolute atomic E-state index is 1.01. The Hall–Kier alpha value is -2.76. The summed E-state index contributed by atoms with van der Waals surface area (Å²) in [5.74, 6) is 0. The highest BCUT2D eigenvalue weighted by Gasteiger charge is 2.22. The third kappa shape index (κ3) is 4.21. The van der Waals surface area contributed by atoms with Crippen molar-refractivity contribution in [2.75, 3.05) is 4.90 Å². The molecule has 0 radical (unpaired) electrons. The molecular weight excluding hydrogens is 329 g/mol. The molecule has 128 valence electrons. The molecule has 3 aromatic carbocycles. The molecule has 0 spiro atoms. The molecule has 3 aromatic rings. The first kappa shape index (κ1) is 17.1. The molecule has 0 N–H and O–H groups in total. The van der Waals surface area contributed by atoms with Gasteiger partial charge >= 0.3 is 7.25 Å². The quantitative estimate of drug-likeness (QED) is 0.287. The number of fused-ring (bicyclic) bond motifs is 2. The first-order valence-electron chi connectivity index (χ1n) is 7.82. The first-order chi connectivity index (χ1) is 11.9. The van der Waals surface area contributed by atoms with Crippen LogP contribution in [0.15, 0.2) is 78.9 Å². The molecule has 0 amide bonds. The highest BCUT2D eigenvalue weighted by molar-refractivity contribution is 6.50. The molecule has 0 saturated carbocycles. The van der Waals surface area contributed by atoms with Gasteiger partial charge in [-0.05, 0) is 35.4 Å². The molecule has 1 aliphatic heterocycles. The van der Waals surface area contributed by atoms with Gasteiger partial charge in [0.2, 0.25) is 0 Å². The van der Waals surface area contributed by atoms with Crippen molar-refractivity contribution in [3.63, 3.8) is 0 Å². The molecule has 0 aromatic heterocycles. The van der Waals surface area contributed by atoms with Gasteiger partial charge in [-0.25, -0.2) is 0 Å². The molecule has 0 aliphatic carbocycles. The average Bonchev–Trinajstić information content (AvgIpc) is 2.59. The summed E-state index contributed by atoms with van der Waals surface area (Å²) in [6.45, 7) is 0. The van der Waals surface area contributed by atoms with Crippen LogP contribution in [0.1, 0.15) is 11.1 Å². The monoisotopic (exact) mass is 344 g/mol. The normalized spacial score (nSPS) is 12.6. The van der Waals surface area contributed by atoms with E-state index in [1.165, 1.54) is 28.2 Å². The third-order valence-corrected chi connectivity index (χ3v) is 3.86.